The van der Waals surface area contributed by atoms with Crippen LogP contribution in [0.2, 0.25) is 0 Å². The number of hydrogen-bond acceptors (Lipinski definition) is 3. The van der Waals surface area contributed by atoms with Gasteiger partial charge in [0.1, 0.15) is 0 Å². The average Bonchev–Trinajstić information content (AvgIpc) is 2.62. The van der Waals surface area contributed by atoms with Crippen LogP contribution in [0.1, 0.15) is 47.8 Å². The van der Waals surface area contributed by atoms with E-state index in [4.69, 9.17) is 17.0 Å². The highest BCUT2D eigenvalue weighted by molar-refractivity contribution is 7.80. The molecular weight excluding hydrogens is 344 g/mol. The molecule has 0 aliphatic heterocycles. The lowest BCUT2D eigenvalue weighted by molar-refractivity contribution is 0.0601. The first kappa shape index (κ1) is 19.9. The normalized spacial score (nSPS) is 11.7. The summed E-state index contributed by atoms with van der Waals surface area (Å²) in [6.45, 7) is 6.35. The summed E-state index contributed by atoms with van der Waals surface area (Å²) < 4.78 is 4.79. The first-order valence-corrected chi connectivity index (χ1v) is 9.13. The van der Waals surface area contributed by atoms with Crippen molar-refractivity contribution in [2.75, 3.05) is 12.4 Å². The summed E-state index contributed by atoms with van der Waals surface area (Å²) in [4.78, 5) is 11.7. The zero-order valence-electron chi connectivity index (χ0n) is 15.7. The lowest BCUT2D eigenvalue weighted by Crippen LogP contribution is -2.33. The van der Waals surface area contributed by atoms with Crippen molar-refractivity contribution in [1.29, 1.82) is 0 Å². The zero-order chi connectivity index (χ0) is 19.1. The van der Waals surface area contributed by atoms with Gasteiger partial charge in [0.15, 0.2) is 5.11 Å². The minimum Gasteiger partial charge on any atom is -0.465 e. The Kier molecular flexibility index (Phi) is 7.16. The van der Waals surface area contributed by atoms with Crippen LogP contribution in [0.3, 0.4) is 0 Å². The molecule has 0 amide bonds. The van der Waals surface area contributed by atoms with Crippen LogP contribution in [-0.2, 0) is 4.74 Å². The Hall–Kier alpha value is -2.40. The SMILES string of the molecule is COC(=O)c1ccc(C)c(NC(=S)N[C@@H](CC(C)C)c2ccccc2)c1. The maximum atomic E-state index is 11.7. The third kappa shape index (κ3) is 5.56. The second kappa shape index (κ2) is 9.34. The van der Waals surface area contributed by atoms with Gasteiger partial charge in [-0.2, -0.15) is 0 Å². The number of ether oxygens (including phenoxy) is 1. The first-order valence-electron chi connectivity index (χ1n) is 8.72. The quantitative estimate of drug-likeness (QED) is 0.562. The number of carbonyl (C=O) groups is 1. The lowest BCUT2D eigenvalue weighted by atomic mass is 9.97. The van der Waals surface area contributed by atoms with Crippen molar-refractivity contribution in [2.24, 2.45) is 5.92 Å². The largest absolute Gasteiger partial charge is 0.465 e. The van der Waals surface area contributed by atoms with E-state index in [0.29, 0.717) is 16.6 Å². The molecule has 0 bridgehead atoms. The molecule has 0 aromatic heterocycles. The van der Waals surface area contributed by atoms with Gasteiger partial charge in [-0.3, -0.25) is 0 Å². The predicted octanol–water partition coefficient (Wildman–Crippen LogP) is 4.86. The number of carbonyl (C=O) groups excluding carboxylic acids is 1. The van der Waals surface area contributed by atoms with Crippen LogP contribution in [0, 0.1) is 12.8 Å². The van der Waals surface area contributed by atoms with E-state index in [-0.39, 0.29) is 12.0 Å². The van der Waals surface area contributed by atoms with E-state index in [2.05, 4.69) is 36.6 Å². The van der Waals surface area contributed by atoms with Crippen LogP contribution in [-0.4, -0.2) is 18.2 Å². The highest BCUT2D eigenvalue weighted by atomic mass is 32.1. The molecule has 26 heavy (non-hydrogen) atoms. The summed E-state index contributed by atoms with van der Waals surface area (Å²) in [5.41, 5.74) is 3.49. The number of methoxy groups -OCH3 is 1. The highest BCUT2D eigenvalue weighted by Crippen LogP contribution is 2.22. The zero-order valence-corrected chi connectivity index (χ0v) is 16.5. The molecule has 2 rings (SSSR count). The van der Waals surface area contributed by atoms with Gasteiger partial charge in [-0.25, -0.2) is 4.79 Å². The number of nitrogens with one attached hydrogen (secondary N) is 2. The molecule has 2 aromatic carbocycles. The number of hydrogen-bond donors (Lipinski definition) is 2. The predicted molar refractivity (Wildman–Crippen MR) is 111 cm³/mol. The van der Waals surface area contributed by atoms with Crippen LogP contribution < -0.4 is 10.6 Å². The topological polar surface area (TPSA) is 50.4 Å². The standard InChI is InChI=1S/C21H26N2O2S/c1-14(2)12-19(16-8-6-5-7-9-16)23-21(26)22-18-13-17(20(24)25-4)11-10-15(18)3/h5-11,13-14,19H,12H2,1-4H3,(H2,22,23,26)/t19-/m0/s1. The molecule has 0 aliphatic rings. The monoisotopic (exact) mass is 370 g/mol. The van der Waals surface area contributed by atoms with E-state index < -0.39 is 0 Å². The van der Waals surface area contributed by atoms with Crippen LogP contribution >= 0.6 is 12.2 Å². The van der Waals surface area contributed by atoms with Crippen molar-refractivity contribution in [1.82, 2.24) is 5.32 Å². The van der Waals surface area contributed by atoms with Crippen molar-refractivity contribution < 1.29 is 9.53 Å². The molecule has 0 unspecified atom stereocenters. The van der Waals surface area contributed by atoms with Crippen LogP contribution in [0.15, 0.2) is 48.5 Å². The van der Waals surface area contributed by atoms with Crippen LogP contribution in [0.4, 0.5) is 5.69 Å². The molecule has 4 nitrogen and oxygen atoms in total. The molecule has 1 atom stereocenters. The van der Waals surface area contributed by atoms with E-state index in [1.54, 1.807) is 12.1 Å². The fourth-order valence-corrected chi connectivity index (χ4v) is 3.01. The second-order valence-electron chi connectivity index (χ2n) is 6.71. The Morgan fingerprint density at radius 1 is 1.15 bits per heavy atom. The Morgan fingerprint density at radius 3 is 2.46 bits per heavy atom. The Balaban J connectivity index is 2.14. The maximum Gasteiger partial charge on any atom is 0.337 e. The molecule has 0 spiro atoms. The van der Waals surface area contributed by atoms with Crippen molar-refractivity contribution in [2.45, 2.75) is 33.2 Å². The van der Waals surface area contributed by atoms with Gasteiger partial charge in [0, 0.05) is 5.69 Å². The first-order chi connectivity index (χ1) is 12.4. The van der Waals surface area contributed by atoms with Gasteiger partial charge in [-0.1, -0.05) is 50.2 Å². The summed E-state index contributed by atoms with van der Waals surface area (Å²) >= 11 is 5.52. The van der Waals surface area contributed by atoms with E-state index in [0.717, 1.165) is 17.7 Å². The summed E-state index contributed by atoms with van der Waals surface area (Å²) in [6.07, 6.45) is 0.965. The molecule has 2 aromatic rings. The van der Waals surface area contributed by atoms with Gasteiger partial charge in [-0.15, -0.1) is 0 Å². The summed E-state index contributed by atoms with van der Waals surface area (Å²) in [7, 11) is 1.37. The van der Waals surface area contributed by atoms with E-state index in [1.165, 1.54) is 12.7 Å². The minimum atomic E-state index is -0.367. The number of aryl methyl sites for hydroxylation is 1. The third-order valence-electron chi connectivity index (χ3n) is 4.12. The van der Waals surface area contributed by atoms with Gasteiger partial charge < -0.3 is 15.4 Å². The van der Waals surface area contributed by atoms with Crippen molar-refractivity contribution in [3.05, 3.63) is 65.2 Å². The highest BCUT2D eigenvalue weighted by Gasteiger charge is 2.15. The molecule has 0 saturated carbocycles. The number of rotatable bonds is 6. The molecule has 0 radical (unpaired) electrons. The molecule has 0 aliphatic carbocycles. The molecule has 138 valence electrons. The summed E-state index contributed by atoms with van der Waals surface area (Å²) in [5.74, 6) is 0.161. The molecule has 2 N–H and O–H groups in total. The number of esters is 1. The fraction of sp³-hybridized carbons (Fsp3) is 0.333. The van der Waals surface area contributed by atoms with Crippen molar-refractivity contribution in [3.8, 4) is 0 Å². The summed E-state index contributed by atoms with van der Waals surface area (Å²) in [5, 5.41) is 7.15. The van der Waals surface area contributed by atoms with Gasteiger partial charge >= 0.3 is 5.97 Å². The van der Waals surface area contributed by atoms with E-state index >= 15 is 0 Å². The van der Waals surface area contributed by atoms with E-state index in [9.17, 15) is 4.79 Å². The fourth-order valence-electron chi connectivity index (χ4n) is 2.75. The van der Waals surface area contributed by atoms with E-state index in [1.807, 2.05) is 31.2 Å². The number of anilines is 1. The Morgan fingerprint density at radius 2 is 1.85 bits per heavy atom. The maximum absolute atomic E-state index is 11.7. The molecule has 0 heterocycles. The molecule has 0 fully saturated rings. The molecule has 5 heteroatoms. The van der Waals surface area contributed by atoms with Gasteiger partial charge in [0.2, 0.25) is 0 Å². The smallest absolute Gasteiger partial charge is 0.337 e. The Labute approximate surface area is 161 Å². The van der Waals surface area contributed by atoms with Gasteiger partial charge in [0.25, 0.3) is 0 Å². The summed E-state index contributed by atoms with van der Waals surface area (Å²) in [6, 6.07) is 15.8. The van der Waals surface area contributed by atoms with Crippen LogP contribution in [0.5, 0.6) is 0 Å². The third-order valence-corrected chi connectivity index (χ3v) is 4.34. The average molecular weight is 371 g/mol. The van der Waals surface area contributed by atoms with Crippen LogP contribution in [0.25, 0.3) is 0 Å². The lowest BCUT2D eigenvalue weighted by Gasteiger charge is -2.23. The second-order valence-corrected chi connectivity index (χ2v) is 7.12. The minimum absolute atomic E-state index is 0.125. The van der Waals surface area contributed by atoms with Crippen molar-refractivity contribution >= 4 is 29.0 Å². The molecule has 0 saturated heterocycles. The van der Waals surface area contributed by atoms with Gasteiger partial charge in [-0.05, 0) is 54.7 Å². The van der Waals surface area contributed by atoms with Crippen molar-refractivity contribution in [3.63, 3.8) is 0 Å². The van der Waals surface area contributed by atoms with Gasteiger partial charge in [0.05, 0.1) is 18.7 Å². The number of thiocarbonyl (C=S) groups is 1. The molecular formula is C21H26N2O2S. The Bertz CT molecular complexity index is 760. The number of benzene rings is 2.